The van der Waals surface area contributed by atoms with Gasteiger partial charge >= 0.3 is 0 Å². The molecule has 0 N–H and O–H groups in total. The molecule has 0 aromatic heterocycles. The van der Waals surface area contributed by atoms with Gasteiger partial charge in [-0.15, -0.1) is 0 Å². The first-order valence-corrected chi connectivity index (χ1v) is 5.84. The Morgan fingerprint density at radius 3 is 2.00 bits per heavy atom. The summed E-state index contributed by atoms with van der Waals surface area (Å²) in [4.78, 5) is 0. The van der Waals surface area contributed by atoms with Gasteiger partial charge in [-0.3, -0.25) is 0 Å². The van der Waals surface area contributed by atoms with Crippen LogP contribution in [0, 0.1) is 24.4 Å². The van der Waals surface area contributed by atoms with Crippen molar-refractivity contribution in [1.29, 1.82) is 0 Å². The largest absolute Gasteiger partial charge is 0.207 e. The van der Waals surface area contributed by atoms with E-state index in [0.29, 0.717) is 11.1 Å². The van der Waals surface area contributed by atoms with E-state index in [-0.39, 0.29) is 11.4 Å². The van der Waals surface area contributed by atoms with Crippen LogP contribution >= 0.6 is 0 Å². The summed E-state index contributed by atoms with van der Waals surface area (Å²) < 4.78 is 39.6. The van der Waals surface area contributed by atoms with E-state index in [4.69, 9.17) is 0 Å². The summed E-state index contributed by atoms with van der Waals surface area (Å²) in [7, 11) is 0. The summed E-state index contributed by atoms with van der Waals surface area (Å²) in [5, 5.41) is 7.24. The van der Waals surface area contributed by atoms with E-state index in [1.807, 2.05) is 0 Å². The second-order valence-corrected chi connectivity index (χ2v) is 4.18. The molecule has 0 aliphatic rings. The van der Waals surface area contributed by atoms with Crippen LogP contribution in [0.3, 0.4) is 0 Å². The van der Waals surface area contributed by atoms with Gasteiger partial charge in [0.05, 0.1) is 18.0 Å². The molecule has 0 fully saturated rings. The zero-order valence-corrected chi connectivity index (χ0v) is 10.6. The maximum Gasteiger partial charge on any atom is 0.135 e. The minimum Gasteiger partial charge on any atom is -0.207 e. The Kier molecular flexibility index (Phi) is 4.30. The molecule has 102 valence electrons. The van der Waals surface area contributed by atoms with Crippen molar-refractivity contribution in [3.63, 3.8) is 0 Å². The van der Waals surface area contributed by atoms with E-state index in [1.54, 1.807) is 6.92 Å². The first-order valence-electron chi connectivity index (χ1n) is 5.84. The summed E-state index contributed by atoms with van der Waals surface area (Å²) >= 11 is 0. The molecule has 2 nitrogen and oxygen atoms in total. The van der Waals surface area contributed by atoms with E-state index in [1.165, 1.54) is 42.6 Å². The van der Waals surface area contributed by atoms with E-state index in [0.717, 1.165) is 6.21 Å². The standard InChI is InChI=1S/C15H11F3N2/c1-10-6-14(17)13(15(18)7-10)9-20-19-8-11-2-4-12(16)5-3-11/h2-9H,1H3/b19-8+,20-9+. The first kappa shape index (κ1) is 14.0. The summed E-state index contributed by atoms with van der Waals surface area (Å²) in [5.74, 6) is -1.74. The van der Waals surface area contributed by atoms with Crippen molar-refractivity contribution in [3.8, 4) is 0 Å². The molecule has 0 radical (unpaired) electrons. The third-order valence-electron chi connectivity index (χ3n) is 2.55. The molecular formula is C15H11F3N2. The van der Waals surface area contributed by atoms with Gasteiger partial charge in [0.2, 0.25) is 0 Å². The Bertz CT molecular complexity index is 638. The molecule has 0 heterocycles. The fourth-order valence-electron chi connectivity index (χ4n) is 1.57. The molecule has 0 spiro atoms. The first-order chi connectivity index (χ1) is 9.56. The fourth-order valence-corrected chi connectivity index (χ4v) is 1.57. The molecule has 0 saturated heterocycles. The van der Waals surface area contributed by atoms with E-state index >= 15 is 0 Å². The van der Waals surface area contributed by atoms with Crippen LogP contribution in [0.25, 0.3) is 0 Å². The average molecular weight is 276 g/mol. The Balaban J connectivity index is 2.12. The van der Waals surface area contributed by atoms with Gasteiger partial charge < -0.3 is 0 Å². The van der Waals surface area contributed by atoms with Crippen LogP contribution in [0.1, 0.15) is 16.7 Å². The van der Waals surface area contributed by atoms with Gasteiger partial charge in [-0.2, -0.15) is 10.2 Å². The van der Waals surface area contributed by atoms with Crippen molar-refractivity contribution < 1.29 is 13.2 Å². The SMILES string of the molecule is Cc1cc(F)c(/C=N/N=C/c2ccc(F)cc2)c(F)c1. The smallest absolute Gasteiger partial charge is 0.135 e. The van der Waals surface area contributed by atoms with Gasteiger partial charge in [0, 0.05) is 0 Å². The Morgan fingerprint density at radius 1 is 0.850 bits per heavy atom. The second-order valence-electron chi connectivity index (χ2n) is 4.18. The molecule has 0 aliphatic carbocycles. The number of benzene rings is 2. The molecule has 5 heteroatoms. The number of nitrogens with zero attached hydrogens (tertiary/aromatic N) is 2. The van der Waals surface area contributed by atoms with Gasteiger partial charge in [0.25, 0.3) is 0 Å². The van der Waals surface area contributed by atoms with Crippen molar-refractivity contribution in [2.45, 2.75) is 6.92 Å². The molecule has 2 aromatic rings. The number of aryl methyl sites for hydroxylation is 1. The minimum absolute atomic E-state index is 0.244. The highest BCUT2D eigenvalue weighted by Gasteiger charge is 2.07. The van der Waals surface area contributed by atoms with Crippen LogP contribution in [0.2, 0.25) is 0 Å². The monoisotopic (exact) mass is 276 g/mol. The topological polar surface area (TPSA) is 24.7 Å². The molecule has 2 aromatic carbocycles. The lowest BCUT2D eigenvalue weighted by Gasteiger charge is -1.99. The quantitative estimate of drug-likeness (QED) is 0.600. The minimum atomic E-state index is -0.691. The van der Waals surface area contributed by atoms with Gasteiger partial charge in [-0.05, 0) is 42.3 Å². The highest BCUT2D eigenvalue weighted by molar-refractivity contribution is 5.83. The summed E-state index contributed by atoms with van der Waals surface area (Å²) in [6.07, 6.45) is 2.37. The third-order valence-corrected chi connectivity index (χ3v) is 2.55. The van der Waals surface area contributed by atoms with Crippen LogP contribution in [-0.4, -0.2) is 12.4 Å². The second kappa shape index (κ2) is 6.14. The Hall–Kier alpha value is -2.43. The van der Waals surface area contributed by atoms with Gasteiger partial charge in [-0.1, -0.05) is 12.1 Å². The molecule has 0 unspecified atom stereocenters. The van der Waals surface area contributed by atoms with Gasteiger partial charge in [0.15, 0.2) is 0 Å². The zero-order chi connectivity index (χ0) is 14.5. The Morgan fingerprint density at radius 2 is 1.40 bits per heavy atom. The molecule has 2 rings (SSSR count). The van der Waals surface area contributed by atoms with Crippen molar-refractivity contribution in [3.05, 3.63) is 70.5 Å². The summed E-state index contributed by atoms with van der Waals surface area (Å²) in [5.41, 5.74) is 0.882. The maximum absolute atomic E-state index is 13.5. The van der Waals surface area contributed by atoms with Crippen LogP contribution in [-0.2, 0) is 0 Å². The van der Waals surface area contributed by atoms with Crippen LogP contribution < -0.4 is 0 Å². The van der Waals surface area contributed by atoms with Crippen molar-refractivity contribution in [2.75, 3.05) is 0 Å². The highest BCUT2D eigenvalue weighted by atomic mass is 19.1. The molecule has 0 atom stereocenters. The highest BCUT2D eigenvalue weighted by Crippen LogP contribution is 2.13. The van der Waals surface area contributed by atoms with Crippen molar-refractivity contribution in [1.82, 2.24) is 0 Å². The van der Waals surface area contributed by atoms with E-state index in [2.05, 4.69) is 10.2 Å². The predicted molar refractivity (Wildman–Crippen MR) is 72.7 cm³/mol. The summed E-state index contributed by atoms with van der Waals surface area (Å²) in [6, 6.07) is 8.03. The predicted octanol–water partition coefficient (Wildman–Crippen LogP) is 3.87. The zero-order valence-electron chi connectivity index (χ0n) is 10.6. The van der Waals surface area contributed by atoms with Crippen LogP contribution in [0.15, 0.2) is 46.6 Å². The summed E-state index contributed by atoms with van der Waals surface area (Å²) in [6.45, 7) is 1.60. The van der Waals surface area contributed by atoms with E-state index in [9.17, 15) is 13.2 Å². The van der Waals surface area contributed by atoms with Gasteiger partial charge in [-0.25, -0.2) is 13.2 Å². The molecule has 0 bridgehead atoms. The normalized spacial score (nSPS) is 11.6. The van der Waals surface area contributed by atoms with Gasteiger partial charge in [0.1, 0.15) is 17.5 Å². The number of hydrogen-bond acceptors (Lipinski definition) is 2. The average Bonchev–Trinajstić information content (AvgIpc) is 2.39. The van der Waals surface area contributed by atoms with Crippen LogP contribution in [0.4, 0.5) is 13.2 Å². The molecule has 0 saturated carbocycles. The molecule has 20 heavy (non-hydrogen) atoms. The third kappa shape index (κ3) is 3.54. The Labute approximate surface area is 114 Å². The fraction of sp³-hybridized carbons (Fsp3) is 0.0667. The van der Waals surface area contributed by atoms with E-state index < -0.39 is 11.6 Å². The lowest BCUT2D eigenvalue weighted by Crippen LogP contribution is -1.95. The molecular weight excluding hydrogens is 265 g/mol. The maximum atomic E-state index is 13.5. The van der Waals surface area contributed by atoms with Crippen LogP contribution in [0.5, 0.6) is 0 Å². The lowest BCUT2D eigenvalue weighted by atomic mass is 10.1. The van der Waals surface area contributed by atoms with Crippen molar-refractivity contribution in [2.24, 2.45) is 10.2 Å². The molecule has 0 aliphatic heterocycles. The molecule has 0 amide bonds. The number of halogens is 3. The number of hydrogen-bond donors (Lipinski definition) is 0. The van der Waals surface area contributed by atoms with Crippen molar-refractivity contribution >= 4 is 12.4 Å². The number of rotatable bonds is 3. The lowest BCUT2D eigenvalue weighted by molar-refractivity contribution is 0.578.